The van der Waals surface area contributed by atoms with Gasteiger partial charge in [-0.15, -0.1) is 0 Å². The third-order valence-corrected chi connectivity index (χ3v) is 6.71. The van der Waals surface area contributed by atoms with Crippen molar-refractivity contribution in [1.82, 2.24) is 0 Å². The largest absolute Gasteiger partial charge is 0.489 e. The Hall–Kier alpha value is -5.28. The minimum absolute atomic E-state index is 0.118. The first-order valence-corrected chi connectivity index (χ1v) is 13.0. The minimum atomic E-state index is -2.37. The van der Waals surface area contributed by atoms with Crippen LogP contribution in [-0.4, -0.2) is 12.6 Å². The number of ether oxygens (including phenoxy) is 4. The lowest BCUT2D eigenvalue weighted by molar-refractivity contribution is -0.136. The first-order valence-electron chi connectivity index (χ1n) is 12.6. The van der Waals surface area contributed by atoms with E-state index in [0.29, 0.717) is 28.5 Å². The summed E-state index contributed by atoms with van der Waals surface area (Å²) in [6.45, 7) is -0.882. The van der Waals surface area contributed by atoms with Gasteiger partial charge >= 0.3 is 5.97 Å². The molecule has 0 spiro atoms. The van der Waals surface area contributed by atoms with Crippen molar-refractivity contribution in [3.63, 3.8) is 0 Å². The van der Waals surface area contributed by atoms with E-state index in [0.717, 1.165) is 5.56 Å². The van der Waals surface area contributed by atoms with Crippen LogP contribution in [-0.2, 0) is 11.4 Å². The first-order chi connectivity index (χ1) is 21.1. The number of carbonyl (C=O) groups excluding carboxylic acids is 1. The third-order valence-electron chi connectivity index (χ3n) is 6.46. The molecule has 4 aromatic carbocycles. The van der Waals surface area contributed by atoms with E-state index in [-0.39, 0.29) is 23.0 Å². The summed E-state index contributed by atoms with van der Waals surface area (Å²) in [5.74, 6) is -14.4. The third kappa shape index (κ3) is 6.09. The Bertz CT molecular complexity index is 1800. The van der Waals surface area contributed by atoms with Crippen LogP contribution in [0, 0.1) is 40.4 Å². The number of benzene rings is 4. The van der Waals surface area contributed by atoms with Crippen molar-refractivity contribution in [2.75, 3.05) is 6.61 Å². The van der Waals surface area contributed by atoms with E-state index in [1.807, 2.05) is 12.1 Å². The molecule has 1 atom stereocenters. The van der Waals surface area contributed by atoms with Crippen LogP contribution in [0.5, 0.6) is 23.0 Å². The summed E-state index contributed by atoms with van der Waals surface area (Å²) in [7, 11) is 0. The molecule has 1 unspecified atom stereocenters. The maximum Gasteiger partial charge on any atom is 0.349 e. The molecule has 1 aliphatic rings. The van der Waals surface area contributed by atoms with Gasteiger partial charge in [-0.2, -0.15) is 14.0 Å². The van der Waals surface area contributed by atoms with E-state index in [1.165, 1.54) is 18.2 Å². The van der Waals surface area contributed by atoms with Crippen LogP contribution in [0.2, 0.25) is 5.02 Å². The Morgan fingerprint density at radius 2 is 1.48 bits per heavy atom. The van der Waals surface area contributed by atoms with Crippen LogP contribution in [0.1, 0.15) is 22.6 Å². The normalized spacial score (nSPS) is 13.9. The number of fused-ring (bicyclic) bond motifs is 1. The van der Waals surface area contributed by atoms with Crippen LogP contribution in [0.4, 0.5) is 22.0 Å². The molecule has 0 fully saturated rings. The van der Waals surface area contributed by atoms with E-state index in [4.69, 9.17) is 31.5 Å². The number of esters is 1. The predicted molar refractivity (Wildman–Crippen MR) is 145 cm³/mol. The summed E-state index contributed by atoms with van der Waals surface area (Å²) >= 11 is 5.91. The van der Waals surface area contributed by atoms with E-state index in [1.54, 1.807) is 36.4 Å². The number of hydrogen-bond acceptors (Lipinski definition) is 7. The van der Waals surface area contributed by atoms with Gasteiger partial charge in [0, 0.05) is 16.7 Å². The number of hydrogen-bond donors (Lipinski definition) is 1. The van der Waals surface area contributed by atoms with Gasteiger partial charge in [-0.3, -0.25) is 0 Å². The quantitative estimate of drug-likeness (QED) is 0.0751. The molecule has 0 bridgehead atoms. The molecule has 0 radical (unpaired) electrons. The second-order valence-electron chi connectivity index (χ2n) is 9.27. The van der Waals surface area contributed by atoms with Crippen LogP contribution >= 0.6 is 11.6 Å². The summed E-state index contributed by atoms with van der Waals surface area (Å²) in [5.41, 5.74) is 8.25. The van der Waals surface area contributed by atoms with Crippen LogP contribution in [0.3, 0.4) is 0 Å². The molecule has 2 N–H and O–H groups in total. The number of nitrogens with zero attached hydrogens (tertiary/aromatic N) is 1. The van der Waals surface area contributed by atoms with Gasteiger partial charge in [0.05, 0.1) is 5.92 Å². The van der Waals surface area contributed by atoms with Gasteiger partial charge < -0.3 is 24.7 Å². The fourth-order valence-electron chi connectivity index (χ4n) is 4.35. The summed E-state index contributed by atoms with van der Waals surface area (Å²) in [5, 5.41) is 10.4. The SMILES string of the molecule is N#CC1=C(N)Oc2cc(OC(=O)COc3c(F)c(F)c(F)c(F)c3F)ccc2C1c1ccc(OCc2ccc(Cl)cc2)cc1. The highest BCUT2D eigenvalue weighted by Crippen LogP contribution is 2.43. The van der Waals surface area contributed by atoms with Crippen LogP contribution in [0.25, 0.3) is 0 Å². The molecule has 5 rings (SSSR count). The minimum Gasteiger partial charge on any atom is -0.489 e. The maximum atomic E-state index is 13.8. The van der Waals surface area contributed by atoms with Crippen molar-refractivity contribution in [3.8, 4) is 29.1 Å². The average Bonchev–Trinajstić information content (AvgIpc) is 3.02. The van der Waals surface area contributed by atoms with Gasteiger partial charge in [-0.1, -0.05) is 41.9 Å². The molecule has 1 aliphatic heterocycles. The van der Waals surface area contributed by atoms with E-state index >= 15 is 0 Å². The van der Waals surface area contributed by atoms with Crippen molar-refractivity contribution in [3.05, 3.63) is 129 Å². The monoisotopic (exact) mass is 628 g/mol. The Labute approximate surface area is 251 Å². The molecule has 0 aliphatic carbocycles. The fourth-order valence-corrected chi connectivity index (χ4v) is 4.48. The van der Waals surface area contributed by atoms with E-state index in [2.05, 4.69) is 10.8 Å². The lowest BCUT2D eigenvalue weighted by Crippen LogP contribution is -2.22. The first kappa shape index (κ1) is 30.2. The van der Waals surface area contributed by atoms with Crippen molar-refractivity contribution in [2.45, 2.75) is 12.5 Å². The average molecular weight is 629 g/mol. The maximum absolute atomic E-state index is 13.8. The van der Waals surface area contributed by atoms with Gasteiger partial charge in [0.25, 0.3) is 0 Å². The molecule has 0 amide bonds. The van der Waals surface area contributed by atoms with Crippen molar-refractivity contribution >= 4 is 17.6 Å². The van der Waals surface area contributed by atoms with Crippen molar-refractivity contribution in [2.24, 2.45) is 5.73 Å². The predicted octanol–water partition coefficient (Wildman–Crippen LogP) is 6.82. The van der Waals surface area contributed by atoms with Gasteiger partial charge in [0.1, 0.15) is 35.5 Å². The summed E-state index contributed by atoms with van der Waals surface area (Å²) < 4.78 is 88.7. The molecule has 0 saturated heterocycles. The Kier molecular flexibility index (Phi) is 8.59. The molecule has 0 aromatic heterocycles. The number of nitrogens with two attached hydrogens (primary N) is 1. The second-order valence-corrected chi connectivity index (χ2v) is 9.71. The fraction of sp³-hybridized carbons (Fsp3) is 0.0968. The Morgan fingerprint density at radius 3 is 2.11 bits per heavy atom. The Morgan fingerprint density at radius 1 is 0.864 bits per heavy atom. The molecule has 4 aromatic rings. The number of halogens is 6. The van der Waals surface area contributed by atoms with Gasteiger partial charge in [0.15, 0.2) is 12.4 Å². The lowest BCUT2D eigenvalue weighted by Gasteiger charge is -2.26. The molecule has 7 nitrogen and oxygen atoms in total. The lowest BCUT2D eigenvalue weighted by atomic mass is 9.83. The zero-order chi connectivity index (χ0) is 31.5. The molecule has 1 heterocycles. The summed E-state index contributed by atoms with van der Waals surface area (Å²) in [6, 6.07) is 20.4. The zero-order valence-electron chi connectivity index (χ0n) is 22.2. The molecule has 44 heavy (non-hydrogen) atoms. The highest BCUT2D eigenvalue weighted by atomic mass is 35.5. The zero-order valence-corrected chi connectivity index (χ0v) is 22.9. The van der Waals surface area contributed by atoms with Crippen LogP contribution < -0.4 is 24.7 Å². The number of rotatable bonds is 8. The smallest absolute Gasteiger partial charge is 0.349 e. The second kappa shape index (κ2) is 12.5. The molecular weight excluding hydrogens is 611 g/mol. The van der Waals surface area contributed by atoms with Crippen molar-refractivity contribution in [1.29, 1.82) is 5.26 Å². The van der Waals surface area contributed by atoms with Gasteiger partial charge in [0.2, 0.25) is 35.0 Å². The standard InChI is InChI=1S/C31H18ClF5N2O5/c32-17-5-1-15(2-6-17)13-41-18-7-3-16(4-8-18)24-20-10-9-19(11-22(20)44-31(39)21(24)12-38)43-23(40)14-42-30-28(36)26(34)25(33)27(35)29(30)37/h1-11,24H,13-14,39H2. The molecule has 224 valence electrons. The Balaban J connectivity index is 1.31. The molecule has 0 saturated carbocycles. The van der Waals surface area contributed by atoms with Crippen molar-refractivity contribution < 1.29 is 45.7 Å². The van der Waals surface area contributed by atoms with Gasteiger partial charge in [-0.05, 0) is 41.5 Å². The highest BCUT2D eigenvalue weighted by molar-refractivity contribution is 6.30. The highest BCUT2D eigenvalue weighted by Gasteiger charge is 2.31. The number of carbonyl (C=O) groups is 1. The van der Waals surface area contributed by atoms with E-state index < -0.39 is 53.3 Å². The number of nitriles is 1. The molecule has 13 heteroatoms. The van der Waals surface area contributed by atoms with E-state index in [9.17, 15) is 32.0 Å². The summed E-state index contributed by atoms with van der Waals surface area (Å²) in [4.78, 5) is 12.3. The van der Waals surface area contributed by atoms with Crippen LogP contribution in [0.15, 0.2) is 78.2 Å². The molecular formula is C31H18ClF5N2O5. The summed E-state index contributed by atoms with van der Waals surface area (Å²) in [6.07, 6.45) is 0. The number of allylic oxidation sites excluding steroid dienone is 1. The van der Waals surface area contributed by atoms with Gasteiger partial charge in [-0.25, -0.2) is 18.0 Å². The topological polar surface area (TPSA) is 104 Å².